The van der Waals surface area contributed by atoms with E-state index in [0.717, 1.165) is 0 Å². The lowest BCUT2D eigenvalue weighted by Gasteiger charge is -2.34. The van der Waals surface area contributed by atoms with Crippen molar-refractivity contribution in [3.8, 4) is 5.75 Å². The monoisotopic (exact) mass is 371 g/mol. The van der Waals surface area contributed by atoms with E-state index in [4.69, 9.17) is 4.74 Å². The van der Waals surface area contributed by atoms with Gasteiger partial charge in [-0.15, -0.1) is 0 Å². The molecule has 1 unspecified atom stereocenters. The minimum atomic E-state index is -0.855. The molecule has 142 valence electrons. The van der Waals surface area contributed by atoms with Gasteiger partial charge in [0.2, 0.25) is 11.8 Å². The van der Waals surface area contributed by atoms with Gasteiger partial charge in [-0.3, -0.25) is 19.5 Å². The van der Waals surface area contributed by atoms with E-state index >= 15 is 0 Å². The van der Waals surface area contributed by atoms with Gasteiger partial charge < -0.3 is 20.3 Å². The minimum absolute atomic E-state index is 0.0948. The fraction of sp³-hybridized carbons (Fsp3) is 0.333. The van der Waals surface area contributed by atoms with Gasteiger partial charge in [0.05, 0.1) is 12.1 Å². The van der Waals surface area contributed by atoms with Gasteiger partial charge in [0.25, 0.3) is 5.91 Å². The lowest BCUT2D eigenvalue weighted by Crippen LogP contribution is -2.58. The van der Waals surface area contributed by atoms with Crippen molar-refractivity contribution in [2.75, 3.05) is 20.1 Å². The molecule has 9 heteroatoms. The number of ether oxygens (including phenoxy) is 1. The molecule has 1 fully saturated rings. The van der Waals surface area contributed by atoms with Crippen molar-refractivity contribution in [1.82, 2.24) is 25.7 Å². The van der Waals surface area contributed by atoms with Crippen molar-refractivity contribution >= 4 is 17.7 Å². The molecule has 0 saturated carbocycles. The summed E-state index contributed by atoms with van der Waals surface area (Å²) in [5.74, 6) is -0.352. The average molecular weight is 371 g/mol. The van der Waals surface area contributed by atoms with Gasteiger partial charge in [-0.25, -0.2) is 0 Å². The second-order valence-electron chi connectivity index (χ2n) is 6.06. The highest BCUT2D eigenvalue weighted by Gasteiger charge is 2.35. The number of rotatable bonds is 6. The smallest absolute Gasteiger partial charge is 0.275 e. The zero-order chi connectivity index (χ0) is 19.2. The van der Waals surface area contributed by atoms with E-state index in [1.165, 1.54) is 11.9 Å². The van der Waals surface area contributed by atoms with Crippen molar-refractivity contribution in [3.05, 3.63) is 47.8 Å². The Hall–Kier alpha value is -3.36. The molecule has 0 bridgehead atoms. The SMILES string of the molecule is CNC(=O)CC1C(=O)NCCN1C(=O)c1cc(COc2ccccc2)[nH]n1. The summed E-state index contributed by atoms with van der Waals surface area (Å²) in [4.78, 5) is 38.0. The first-order valence-corrected chi connectivity index (χ1v) is 8.60. The Morgan fingerprint density at radius 1 is 1.33 bits per heavy atom. The van der Waals surface area contributed by atoms with E-state index in [-0.39, 0.29) is 30.5 Å². The van der Waals surface area contributed by atoms with Crippen LogP contribution in [0.5, 0.6) is 5.75 Å². The number of amides is 3. The summed E-state index contributed by atoms with van der Waals surface area (Å²) >= 11 is 0. The minimum Gasteiger partial charge on any atom is -0.487 e. The summed E-state index contributed by atoms with van der Waals surface area (Å²) in [5.41, 5.74) is 0.810. The summed E-state index contributed by atoms with van der Waals surface area (Å²) in [7, 11) is 1.49. The van der Waals surface area contributed by atoms with E-state index in [1.54, 1.807) is 6.07 Å². The third-order valence-electron chi connectivity index (χ3n) is 4.24. The lowest BCUT2D eigenvalue weighted by molar-refractivity contribution is -0.132. The largest absolute Gasteiger partial charge is 0.487 e. The molecule has 2 aromatic rings. The summed E-state index contributed by atoms with van der Waals surface area (Å²) in [6.45, 7) is 0.880. The molecule has 3 N–H and O–H groups in total. The maximum atomic E-state index is 12.8. The third kappa shape index (κ3) is 4.43. The number of aromatic amines is 1. The molecule has 9 nitrogen and oxygen atoms in total. The van der Waals surface area contributed by atoms with Crippen LogP contribution in [0, 0.1) is 0 Å². The summed E-state index contributed by atoms with van der Waals surface area (Å²) in [6.07, 6.45) is -0.0948. The lowest BCUT2D eigenvalue weighted by atomic mass is 10.1. The number of carbonyl (C=O) groups is 3. The van der Waals surface area contributed by atoms with E-state index in [1.807, 2.05) is 30.3 Å². The van der Waals surface area contributed by atoms with Gasteiger partial charge in [0, 0.05) is 20.1 Å². The van der Waals surface area contributed by atoms with Gasteiger partial charge in [-0.2, -0.15) is 5.10 Å². The number of nitrogens with zero attached hydrogens (tertiary/aromatic N) is 2. The van der Waals surface area contributed by atoms with Gasteiger partial charge >= 0.3 is 0 Å². The van der Waals surface area contributed by atoms with Gasteiger partial charge in [0.1, 0.15) is 18.4 Å². The number of hydrogen-bond donors (Lipinski definition) is 3. The number of hydrogen-bond acceptors (Lipinski definition) is 5. The van der Waals surface area contributed by atoms with Gasteiger partial charge in [0.15, 0.2) is 5.69 Å². The molecule has 3 rings (SSSR count). The number of benzene rings is 1. The third-order valence-corrected chi connectivity index (χ3v) is 4.24. The molecular formula is C18H21N5O4. The molecule has 1 aliphatic heterocycles. The predicted octanol–water partition coefficient (Wildman–Crippen LogP) is 0.0654. The highest BCUT2D eigenvalue weighted by atomic mass is 16.5. The first-order chi connectivity index (χ1) is 13.1. The van der Waals surface area contributed by atoms with Crippen molar-refractivity contribution in [3.63, 3.8) is 0 Å². The van der Waals surface area contributed by atoms with E-state index in [0.29, 0.717) is 24.5 Å². The highest BCUT2D eigenvalue weighted by molar-refractivity contribution is 5.98. The fourth-order valence-corrected chi connectivity index (χ4v) is 2.81. The van der Waals surface area contributed by atoms with Crippen molar-refractivity contribution in [2.24, 2.45) is 0 Å². The van der Waals surface area contributed by atoms with Crippen LogP contribution in [0.2, 0.25) is 0 Å². The van der Waals surface area contributed by atoms with E-state index < -0.39 is 11.9 Å². The number of piperazine rings is 1. The number of carbonyl (C=O) groups excluding carboxylic acids is 3. The predicted molar refractivity (Wildman–Crippen MR) is 95.9 cm³/mol. The molecule has 27 heavy (non-hydrogen) atoms. The number of aromatic nitrogens is 2. The Morgan fingerprint density at radius 3 is 2.85 bits per heavy atom. The molecule has 1 saturated heterocycles. The number of H-pyrrole nitrogens is 1. The summed E-state index contributed by atoms with van der Waals surface area (Å²) in [6, 6.07) is 10.0. The average Bonchev–Trinajstić information content (AvgIpc) is 3.17. The zero-order valence-electron chi connectivity index (χ0n) is 14.9. The quantitative estimate of drug-likeness (QED) is 0.664. The number of nitrogens with one attached hydrogen (secondary N) is 3. The molecular weight excluding hydrogens is 350 g/mol. The van der Waals surface area contributed by atoms with Crippen LogP contribution in [0.15, 0.2) is 36.4 Å². The highest BCUT2D eigenvalue weighted by Crippen LogP contribution is 2.15. The van der Waals surface area contributed by atoms with Crippen LogP contribution in [0.25, 0.3) is 0 Å². The van der Waals surface area contributed by atoms with E-state index in [9.17, 15) is 14.4 Å². The normalized spacial score (nSPS) is 16.6. The van der Waals surface area contributed by atoms with Crippen molar-refractivity contribution in [2.45, 2.75) is 19.1 Å². The molecule has 1 aromatic heterocycles. The van der Waals surface area contributed by atoms with Crippen LogP contribution in [-0.2, 0) is 16.2 Å². The summed E-state index contributed by atoms with van der Waals surface area (Å²) < 4.78 is 5.62. The first-order valence-electron chi connectivity index (χ1n) is 8.60. The van der Waals surface area contributed by atoms with Crippen molar-refractivity contribution < 1.29 is 19.1 Å². The second-order valence-corrected chi connectivity index (χ2v) is 6.06. The van der Waals surface area contributed by atoms with Crippen LogP contribution in [0.3, 0.4) is 0 Å². The van der Waals surface area contributed by atoms with Crippen LogP contribution in [0.4, 0.5) is 0 Å². The topological polar surface area (TPSA) is 116 Å². The van der Waals surface area contributed by atoms with Crippen LogP contribution in [-0.4, -0.2) is 59.0 Å². The molecule has 1 aliphatic rings. The Bertz CT molecular complexity index is 820. The Kier molecular flexibility index (Phi) is 5.70. The molecule has 3 amide bonds. The van der Waals surface area contributed by atoms with Crippen LogP contribution in [0.1, 0.15) is 22.6 Å². The molecule has 1 aromatic carbocycles. The second kappa shape index (κ2) is 8.35. The van der Waals surface area contributed by atoms with Crippen LogP contribution >= 0.6 is 0 Å². The summed E-state index contributed by atoms with van der Waals surface area (Å²) in [5, 5.41) is 12.0. The molecule has 0 radical (unpaired) electrons. The van der Waals surface area contributed by atoms with Gasteiger partial charge in [-0.05, 0) is 18.2 Å². The zero-order valence-corrected chi connectivity index (χ0v) is 14.9. The molecule has 0 spiro atoms. The van der Waals surface area contributed by atoms with Crippen molar-refractivity contribution in [1.29, 1.82) is 0 Å². The first kappa shape index (κ1) is 18.4. The molecule has 1 atom stereocenters. The Balaban J connectivity index is 1.68. The Morgan fingerprint density at radius 2 is 2.11 bits per heavy atom. The fourth-order valence-electron chi connectivity index (χ4n) is 2.81. The standard InChI is InChI=1S/C18H21N5O4/c1-19-16(24)10-15-17(25)20-7-8-23(15)18(26)14-9-12(21-22-14)11-27-13-5-3-2-4-6-13/h2-6,9,15H,7-8,10-11H2,1H3,(H,19,24)(H,20,25)(H,21,22). The molecule has 0 aliphatic carbocycles. The maximum absolute atomic E-state index is 12.8. The van der Waals surface area contributed by atoms with Crippen LogP contribution < -0.4 is 15.4 Å². The molecule has 2 heterocycles. The Labute approximate surface area is 156 Å². The van der Waals surface area contributed by atoms with E-state index in [2.05, 4.69) is 20.8 Å². The number of para-hydroxylation sites is 1. The van der Waals surface area contributed by atoms with Gasteiger partial charge in [-0.1, -0.05) is 18.2 Å². The maximum Gasteiger partial charge on any atom is 0.275 e.